The zero-order valence-electron chi connectivity index (χ0n) is 32.1. The molecule has 1 aliphatic carbocycles. The first-order valence-electron chi connectivity index (χ1n) is 18.0. The molecule has 267 valence electrons. The summed E-state index contributed by atoms with van der Waals surface area (Å²) in [7, 11) is 0. The van der Waals surface area contributed by atoms with Gasteiger partial charge in [-0.15, -0.1) is 29.3 Å². The summed E-state index contributed by atoms with van der Waals surface area (Å²) < 4.78 is 6.41. The molecule has 0 saturated heterocycles. The normalized spacial score (nSPS) is 13.8. The van der Waals surface area contributed by atoms with Crippen LogP contribution in [-0.2, 0) is 30.3 Å². The summed E-state index contributed by atoms with van der Waals surface area (Å²) in [5.74, 6) is 1.28. The number of aromatic nitrogens is 1. The second-order valence-corrected chi connectivity index (χ2v) is 15.3. The molecule has 0 fully saturated rings. The number of aliphatic hydroxyl groups excluding tert-OH is 1. The van der Waals surface area contributed by atoms with Gasteiger partial charge < -0.3 is 9.52 Å². The van der Waals surface area contributed by atoms with Crippen molar-refractivity contribution in [2.24, 2.45) is 10.8 Å². The number of rotatable bonds is 8. The fourth-order valence-corrected chi connectivity index (χ4v) is 7.48. The molecule has 0 amide bonds. The number of hydrogen-bond acceptors (Lipinski definition) is 4. The van der Waals surface area contributed by atoms with E-state index in [4.69, 9.17) is 9.40 Å². The van der Waals surface area contributed by atoms with Crippen molar-refractivity contribution in [2.75, 3.05) is 0 Å². The summed E-state index contributed by atoms with van der Waals surface area (Å²) in [5.41, 5.74) is 12.0. The summed E-state index contributed by atoms with van der Waals surface area (Å²) in [5, 5.41) is 12.6. The van der Waals surface area contributed by atoms with Crippen LogP contribution in [0, 0.1) is 44.6 Å². The number of hydrogen-bond donors (Lipinski definition) is 1. The van der Waals surface area contributed by atoms with Gasteiger partial charge in [0.05, 0.1) is 5.52 Å². The summed E-state index contributed by atoms with van der Waals surface area (Å²) in [6, 6.07) is 20.8. The van der Waals surface area contributed by atoms with Gasteiger partial charge in [0.2, 0.25) is 0 Å². The van der Waals surface area contributed by atoms with Crippen molar-refractivity contribution in [3.8, 4) is 22.6 Å². The average Bonchev–Trinajstić information content (AvgIpc) is 3.56. The van der Waals surface area contributed by atoms with Crippen LogP contribution in [0.15, 0.2) is 64.8 Å². The zero-order chi connectivity index (χ0) is 36.1. The molecule has 2 heterocycles. The van der Waals surface area contributed by atoms with E-state index in [1.54, 1.807) is 0 Å². The number of carbonyl (C=O) groups is 1. The van der Waals surface area contributed by atoms with E-state index in [1.165, 1.54) is 50.2 Å². The van der Waals surface area contributed by atoms with E-state index in [0.717, 1.165) is 59.4 Å². The number of allylic oxidation sites excluding steroid dienone is 2. The molecule has 2 aromatic heterocycles. The van der Waals surface area contributed by atoms with Gasteiger partial charge in [-0.3, -0.25) is 9.78 Å². The topological polar surface area (TPSA) is 63.3 Å². The number of carbonyl (C=O) groups excluding carboxylic acids is 1. The predicted molar refractivity (Wildman–Crippen MR) is 205 cm³/mol. The Bertz CT molecular complexity index is 2090. The van der Waals surface area contributed by atoms with Crippen LogP contribution in [0.25, 0.3) is 44.5 Å². The van der Waals surface area contributed by atoms with E-state index in [1.807, 2.05) is 47.6 Å². The first-order chi connectivity index (χ1) is 23.0. The molecule has 4 nitrogen and oxygen atoms in total. The average molecular weight is 849 g/mol. The smallest absolute Gasteiger partial charge is 0.164 e. The fraction of sp³-hybridized carbons (Fsp3) is 0.422. The van der Waals surface area contributed by atoms with Gasteiger partial charge in [-0.05, 0) is 99.4 Å². The number of ketones is 1. The second kappa shape index (κ2) is 14.6. The molecule has 5 heteroatoms. The van der Waals surface area contributed by atoms with Crippen LogP contribution in [0.4, 0.5) is 0 Å². The molecular weight excluding hydrogens is 795 g/mol. The molecule has 1 aliphatic rings. The molecule has 3 aromatic carbocycles. The molecular formula is C45H54IrNO3-. The number of nitrogens with zero attached hydrogens (tertiary/aromatic N) is 1. The summed E-state index contributed by atoms with van der Waals surface area (Å²) in [6.07, 6.45) is 4.75. The fourth-order valence-electron chi connectivity index (χ4n) is 7.48. The molecule has 50 heavy (non-hydrogen) atoms. The van der Waals surface area contributed by atoms with Gasteiger partial charge >= 0.3 is 0 Å². The largest absolute Gasteiger partial charge is 0.512 e. The van der Waals surface area contributed by atoms with E-state index < -0.39 is 0 Å². The van der Waals surface area contributed by atoms with E-state index in [2.05, 4.69) is 90.1 Å². The van der Waals surface area contributed by atoms with Crippen molar-refractivity contribution in [1.82, 2.24) is 4.98 Å². The third kappa shape index (κ3) is 6.76. The molecule has 0 saturated carbocycles. The van der Waals surface area contributed by atoms with Gasteiger partial charge in [0, 0.05) is 53.3 Å². The van der Waals surface area contributed by atoms with Crippen molar-refractivity contribution >= 4 is 27.7 Å². The van der Waals surface area contributed by atoms with Crippen molar-refractivity contribution in [3.63, 3.8) is 0 Å². The van der Waals surface area contributed by atoms with Crippen molar-refractivity contribution < 1.29 is 34.4 Å². The Morgan fingerprint density at radius 2 is 1.48 bits per heavy atom. The van der Waals surface area contributed by atoms with Gasteiger partial charge in [-0.2, -0.15) is 0 Å². The summed E-state index contributed by atoms with van der Waals surface area (Å²) >= 11 is 0. The Labute approximate surface area is 313 Å². The number of furan rings is 1. The Morgan fingerprint density at radius 1 is 0.860 bits per heavy atom. The molecule has 1 N–H and O–H groups in total. The number of benzene rings is 3. The maximum Gasteiger partial charge on any atom is 0.164 e. The third-order valence-corrected chi connectivity index (χ3v) is 11.6. The molecule has 6 rings (SSSR count). The van der Waals surface area contributed by atoms with Gasteiger partial charge in [0.15, 0.2) is 5.78 Å². The first kappa shape index (κ1) is 39.3. The molecule has 0 aliphatic heterocycles. The molecule has 0 bridgehead atoms. The maximum atomic E-state index is 12.2. The number of aliphatic hydroxyl groups is 1. The minimum absolute atomic E-state index is 0. The summed E-state index contributed by atoms with van der Waals surface area (Å²) in [6.45, 7) is 25.3. The maximum absolute atomic E-state index is 12.2. The van der Waals surface area contributed by atoms with Crippen LogP contribution >= 0.6 is 0 Å². The van der Waals surface area contributed by atoms with Gasteiger partial charge in [0.25, 0.3) is 0 Å². The number of aryl methyl sites for hydroxylation is 4. The minimum Gasteiger partial charge on any atom is -0.512 e. The van der Waals surface area contributed by atoms with Gasteiger partial charge in [-0.25, -0.2) is 0 Å². The molecule has 0 unspecified atom stereocenters. The van der Waals surface area contributed by atoms with Crippen molar-refractivity contribution in [3.05, 3.63) is 99.8 Å². The molecule has 0 spiro atoms. The number of fused-ring (bicyclic) bond motifs is 6. The van der Waals surface area contributed by atoms with Gasteiger partial charge in [0.1, 0.15) is 17.1 Å². The monoisotopic (exact) mass is 849 g/mol. The Morgan fingerprint density at radius 3 is 2.10 bits per heavy atom. The molecule has 1 radical (unpaired) electrons. The molecule has 0 atom stereocenters. The van der Waals surface area contributed by atoms with Crippen LogP contribution in [0.1, 0.15) is 114 Å². The summed E-state index contributed by atoms with van der Waals surface area (Å²) in [4.78, 5) is 17.3. The van der Waals surface area contributed by atoms with E-state index in [-0.39, 0.29) is 47.9 Å². The third-order valence-electron chi connectivity index (χ3n) is 11.6. The van der Waals surface area contributed by atoms with Crippen molar-refractivity contribution in [1.29, 1.82) is 0 Å². The zero-order valence-corrected chi connectivity index (χ0v) is 34.5. The SMILES string of the molecule is CCC(C)(CC)C(=O)/C=C(\O)C(C)(CC)CC.Cc1cc(C)c2c(C)cc(-c3[c-]ccc4c3C(C)(C)c3c-4oc4ccc(C)cc34)nc2c1.[Ir]. The predicted octanol–water partition coefficient (Wildman–Crippen LogP) is 12.6. The first-order valence-corrected chi connectivity index (χ1v) is 18.0. The Balaban J connectivity index is 0.000000269. The Kier molecular flexibility index (Phi) is 11.5. The minimum atomic E-state index is -0.337. The van der Waals surface area contributed by atoms with E-state index in [0.29, 0.717) is 0 Å². The van der Waals surface area contributed by atoms with Crippen molar-refractivity contribution in [2.45, 2.75) is 114 Å². The van der Waals surface area contributed by atoms with Crippen LogP contribution < -0.4 is 0 Å². The van der Waals surface area contributed by atoms with Crippen LogP contribution in [0.2, 0.25) is 0 Å². The quantitative estimate of drug-likeness (QED) is 0.0960. The van der Waals surface area contributed by atoms with E-state index >= 15 is 0 Å². The van der Waals surface area contributed by atoms with E-state index in [9.17, 15) is 9.90 Å². The van der Waals surface area contributed by atoms with Crippen LogP contribution in [0.3, 0.4) is 0 Å². The van der Waals surface area contributed by atoms with Crippen LogP contribution in [0.5, 0.6) is 0 Å². The number of pyridine rings is 1. The van der Waals surface area contributed by atoms with Gasteiger partial charge in [-0.1, -0.05) is 84.7 Å². The standard InChI is InChI=1S/C30H26NO.C15H28O2.Ir/c1-16-10-11-25-22(13-16)28-29(32-25)21-9-7-8-20(27(21)30(28,5)6)23-15-19(4)26-18(3)12-17(2)14-24(26)31-23;1-7-14(5,8-2)12(16)11-13(17)15(6,9-3)10-4;/h7,9-15H,1-6H3;11,16H,7-10H2,1-6H3;/q-1;;/b;12-11-;. The Hall–Kier alpha value is -3.53. The molecule has 5 aromatic rings. The second-order valence-electron chi connectivity index (χ2n) is 15.3. The van der Waals surface area contributed by atoms with Crippen LogP contribution in [-0.4, -0.2) is 15.9 Å².